The summed E-state index contributed by atoms with van der Waals surface area (Å²) in [4.78, 5) is 4.27. The van der Waals surface area contributed by atoms with Crippen LogP contribution < -0.4 is 5.73 Å². The van der Waals surface area contributed by atoms with Crippen LogP contribution >= 0.6 is 15.9 Å². The lowest BCUT2D eigenvalue weighted by Gasteiger charge is -2.08. The van der Waals surface area contributed by atoms with Crippen molar-refractivity contribution < 1.29 is 0 Å². The summed E-state index contributed by atoms with van der Waals surface area (Å²) in [5.74, 6) is 0.623. The highest BCUT2D eigenvalue weighted by molar-refractivity contribution is 9.10. The van der Waals surface area contributed by atoms with Gasteiger partial charge in [-0.15, -0.1) is 0 Å². The second kappa shape index (κ2) is 3.58. The smallest absolute Gasteiger partial charge is 0.128 e. The Morgan fingerprint density at radius 3 is 2.57 bits per heavy atom. The zero-order valence-electron chi connectivity index (χ0n) is 7.92. The molecule has 0 aliphatic rings. The molecule has 1 aromatic heterocycles. The van der Waals surface area contributed by atoms with Crippen LogP contribution in [0.1, 0.15) is 12.5 Å². The third-order valence-corrected chi connectivity index (χ3v) is 2.96. The normalized spacial score (nSPS) is 10.7. The van der Waals surface area contributed by atoms with Crippen LogP contribution in [-0.4, -0.2) is 4.98 Å². The van der Waals surface area contributed by atoms with Gasteiger partial charge < -0.3 is 5.73 Å². The van der Waals surface area contributed by atoms with Crippen molar-refractivity contribution in [3.63, 3.8) is 0 Å². The number of nitrogens with two attached hydrogens (primary N) is 1. The highest BCUT2D eigenvalue weighted by atomic mass is 79.9. The van der Waals surface area contributed by atoms with Crippen molar-refractivity contribution in [2.24, 2.45) is 0 Å². The van der Waals surface area contributed by atoms with E-state index in [-0.39, 0.29) is 0 Å². The molecule has 2 rings (SSSR count). The Morgan fingerprint density at radius 2 is 1.93 bits per heavy atom. The summed E-state index contributed by atoms with van der Waals surface area (Å²) in [7, 11) is 0. The molecule has 0 aliphatic carbocycles. The van der Waals surface area contributed by atoms with E-state index < -0.39 is 0 Å². The standard InChI is InChI=1S/C11H11BrN2/c1-2-7-8-5-3-4-6-9(8)10(12)14-11(7)13/h3-6H,2H2,1H3,(H2,13,14). The van der Waals surface area contributed by atoms with Crippen molar-refractivity contribution in [2.75, 3.05) is 5.73 Å². The largest absolute Gasteiger partial charge is 0.383 e. The van der Waals surface area contributed by atoms with Crippen molar-refractivity contribution in [1.82, 2.24) is 4.98 Å². The topological polar surface area (TPSA) is 38.9 Å². The van der Waals surface area contributed by atoms with Gasteiger partial charge in [0.15, 0.2) is 0 Å². The average molecular weight is 251 g/mol. The van der Waals surface area contributed by atoms with E-state index in [2.05, 4.69) is 33.9 Å². The third-order valence-electron chi connectivity index (χ3n) is 2.36. The quantitative estimate of drug-likeness (QED) is 0.791. The highest BCUT2D eigenvalue weighted by Gasteiger charge is 2.07. The molecule has 0 unspecified atom stereocenters. The minimum absolute atomic E-state index is 0.623. The Kier molecular flexibility index (Phi) is 2.42. The van der Waals surface area contributed by atoms with Crippen molar-refractivity contribution >= 4 is 32.5 Å². The summed E-state index contributed by atoms with van der Waals surface area (Å²) in [6.45, 7) is 2.09. The lowest BCUT2D eigenvalue weighted by atomic mass is 10.1. The van der Waals surface area contributed by atoms with Crippen molar-refractivity contribution in [1.29, 1.82) is 0 Å². The Hall–Kier alpha value is -1.09. The van der Waals surface area contributed by atoms with Gasteiger partial charge in [-0.3, -0.25) is 0 Å². The molecule has 0 bridgehead atoms. The van der Waals surface area contributed by atoms with Gasteiger partial charge in [-0.2, -0.15) is 0 Å². The molecule has 14 heavy (non-hydrogen) atoms. The first-order valence-corrected chi connectivity index (χ1v) is 5.36. The second-order valence-corrected chi connectivity index (χ2v) is 3.92. The minimum atomic E-state index is 0.623. The number of hydrogen-bond donors (Lipinski definition) is 1. The fourth-order valence-corrected chi connectivity index (χ4v) is 2.21. The van der Waals surface area contributed by atoms with Crippen LogP contribution in [0.15, 0.2) is 28.9 Å². The number of halogens is 1. The number of pyridine rings is 1. The van der Waals surface area contributed by atoms with Crippen LogP contribution in [0.2, 0.25) is 0 Å². The molecule has 0 aliphatic heterocycles. The number of hydrogen-bond acceptors (Lipinski definition) is 2. The number of anilines is 1. The summed E-state index contributed by atoms with van der Waals surface area (Å²) in [6.07, 6.45) is 0.909. The predicted molar refractivity (Wildman–Crippen MR) is 63.2 cm³/mol. The monoisotopic (exact) mass is 250 g/mol. The Labute approximate surface area is 91.3 Å². The first-order chi connectivity index (χ1) is 6.74. The molecule has 0 spiro atoms. The van der Waals surface area contributed by atoms with E-state index in [4.69, 9.17) is 5.73 Å². The number of benzene rings is 1. The van der Waals surface area contributed by atoms with Crippen LogP contribution in [-0.2, 0) is 6.42 Å². The molecule has 0 saturated heterocycles. The molecule has 2 nitrogen and oxygen atoms in total. The van der Waals surface area contributed by atoms with Gasteiger partial charge in [-0.25, -0.2) is 4.98 Å². The fraction of sp³-hybridized carbons (Fsp3) is 0.182. The molecule has 0 fully saturated rings. The number of aromatic nitrogens is 1. The summed E-state index contributed by atoms with van der Waals surface area (Å²) in [6, 6.07) is 8.15. The van der Waals surface area contributed by atoms with Crippen LogP contribution in [0, 0.1) is 0 Å². The zero-order chi connectivity index (χ0) is 10.1. The highest BCUT2D eigenvalue weighted by Crippen LogP contribution is 2.28. The van der Waals surface area contributed by atoms with Crippen molar-refractivity contribution in [3.8, 4) is 0 Å². The van der Waals surface area contributed by atoms with E-state index in [9.17, 15) is 0 Å². The van der Waals surface area contributed by atoms with Gasteiger partial charge in [-0.05, 0) is 27.7 Å². The summed E-state index contributed by atoms with van der Waals surface area (Å²) >= 11 is 3.42. The second-order valence-electron chi connectivity index (χ2n) is 3.17. The van der Waals surface area contributed by atoms with Crippen LogP contribution in [0.25, 0.3) is 10.8 Å². The zero-order valence-corrected chi connectivity index (χ0v) is 9.51. The van der Waals surface area contributed by atoms with Crippen molar-refractivity contribution in [3.05, 3.63) is 34.4 Å². The number of fused-ring (bicyclic) bond motifs is 1. The molecule has 2 aromatic rings. The van der Waals surface area contributed by atoms with Gasteiger partial charge in [-0.1, -0.05) is 31.2 Å². The number of nitrogens with zero attached hydrogens (tertiary/aromatic N) is 1. The first kappa shape index (κ1) is 9.46. The van der Waals surface area contributed by atoms with E-state index in [1.54, 1.807) is 0 Å². The maximum Gasteiger partial charge on any atom is 0.128 e. The van der Waals surface area contributed by atoms with Crippen LogP contribution in [0.4, 0.5) is 5.82 Å². The molecule has 0 atom stereocenters. The lowest BCUT2D eigenvalue weighted by Crippen LogP contribution is -1.98. The first-order valence-electron chi connectivity index (χ1n) is 4.56. The molecule has 0 saturated carbocycles. The number of aryl methyl sites for hydroxylation is 1. The maximum atomic E-state index is 5.86. The van der Waals surface area contributed by atoms with Crippen molar-refractivity contribution in [2.45, 2.75) is 13.3 Å². The number of rotatable bonds is 1. The molecular weight excluding hydrogens is 240 g/mol. The molecule has 0 amide bonds. The summed E-state index contributed by atoms with van der Waals surface area (Å²) < 4.78 is 0.822. The summed E-state index contributed by atoms with van der Waals surface area (Å²) in [5, 5.41) is 2.31. The van der Waals surface area contributed by atoms with Crippen LogP contribution in [0.5, 0.6) is 0 Å². The SMILES string of the molecule is CCc1c(N)nc(Br)c2ccccc12. The van der Waals surface area contributed by atoms with E-state index in [0.29, 0.717) is 5.82 Å². The average Bonchev–Trinajstić information content (AvgIpc) is 2.18. The summed E-state index contributed by atoms with van der Waals surface area (Å²) in [5.41, 5.74) is 6.99. The Balaban J connectivity index is 2.90. The van der Waals surface area contributed by atoms with Gasteiger partial charge in [0.1, 0.15) is 10.4 Å². The van der Waals surface area contributed by atoms with Gasteiger partial charge in [0.2, 0.25) is 0 Å². The number of nitrogen functional groups attached to an aromatic ring is 1. The molecule has 72 valence electrons. The molecule has 3 heteroatoms. The molecular formula is C11H11BrN2. The van der Waals surface area contributed by atoms with E-state index in [1.165, 1.54) is 5.39 Å². The van der Waals surface area contributed by atoms with Gasteiger partial charge in [0.25, 0.3) is 0 Å². The van der Waals surface area contributed by atoms with Crippen LogP contribution in [0.3, 0.4) is 0 Å². The molecule has 2 N–H and O–H groups in total. The maximum absolute atomic E-state index is 5.86. The van der Waals surface area contributed by atoms with E-state index >= 15 is 0 Å². The van der Waals surface area contributed by atoms with Gasteiger partial charge in [0.05, 0.1) is 0 Å². The predicted octanol–water partition coefficient (Wildman–Crippen LogP) is 3.14. The fourth-order valence-electron chi connectivity index (χ4n) is 1.67. The Morgan fingerprint density at radius 1 is 1.29 bits per heavy atom. The molecule has 1 aromatic carbocycles. The third kappa shape index (κ3) is 1.38. The Bertz CT molecular complexity index is 480. The van der Waals surface area contributed by atoms with Gasteiger partial charge >= 0.3 is 0 Å². The van der Waals surface area contributed by atoms with Gasteiger partial charge in [0, 0.05) is 10.9 Å². The lowest BCUT2D eigenvalue weighted by molar-refractivity contribution is 1.13. The minimum Gasteiger partial charge on any atom is -0.383 e. The van der Waals surface area contributed by atoms with E-state index in [1.807, 2.05) is 18.2 Å². The molecule has 0 radical (unpaired) electrons. The van der Waals surface area contributed by atoms with E-state index in [0.717, 1.165) is 22.0 Å². The molecule has 1 heterocycles.